The Hall–Kier alpha value is -1.56. The van der Waals surface area contributed by atoms with Crippen molar-refractivity contribution >= 4 is 0 Å². The maximum Gasteiger partial charge on any atom is -0.0210 e. The fourth-order valence-corrected chi connectivity index (χ4v) is 4.00. The van der Waals surface area contributed by atoms with Crippen molar-refractivity contribution in [1.82, 2.24) is 0 Å². The Labute approximate surface area is 115 Å². The molecule has 2 aromatic rings. The first-order valence-electron chi connectivity index (χ1n) is 7.37. The first-order valence-corrected chi connectivity index (χ1v) is 7.37. The summed E-state index contributed by atoms with van der Waals surface area (Å²) in [5, 5.41) is 0. The third-order valence-corrected chi connectivity index (χ3v) is 5.21. The van der Waals surface area contributed by atoms with Gasteiger partial charge in [-0.05, 0) is 59.3 Å². The Morgan fingerprint density at radius 3 is 1.47 bits per heavy atom. The quantitative estimate of drug-likeness (QED) is 0.655. The van der Waals surface area contributed by atoms with Gasteiger partial charge in [0, 0.05) is 0 Å². The van der Waals surface area contributed by atoms with E-state index in [1.807, 2.05) is 0 Å². The summed E-state index contributed by atoms with van der Waals surface area (Å²) in [5.41, 5.74) is 6.44. The van der Waals surface area contributed by atoms with E-state index in [-0.39, 0.29) is 0 Å². The molecule has 0 spiro atoms. The third-order valence-electron chi connectivity index (χ3n) is 5.21. The molecule has 0 heteroatoms. The van der Waals surface area contributed by atoms with E-state index in [0.717, 1.165) is 5.92 Å². The molecule has 0 aliphatic heterocycles. The highest BCUT2D eigenvalue weighted by atomic mass is 14.4. The first kappa shape index (κ1) is 11.3. The molecule has 0 amide bonds. The standard InChI is InChI=1S/C19H20/c1-19-12-16-6-2-14(3-7-16)10-18(19)11-15-4-8-17(13-19)9-5-15/h2-9,18H,10-13H2,1H3. The van der Waals surface area contributed by atoms with Gasteiger partial charge in [-0.1, -0.05) is 55.5 Å². The van der Waals surface area contributed by atoms with Crippen LogP contribution < -0.4 is 0 Å². The van der Waals surface area contributed by atoms with E-state index >= 15 is 0 Å². The summed E-state index contributed by atoms with van der Waals surface area (Å²) < 4.78 is 0. The lowest BCUT2D eigenvalue weighted by Crippen LogP contribution is -2.37. The van der Waals surface area contributed by atoms with Gasteiger partial charge in [-0.2, -0.15) is 0 Å². The first-order chi connectivity index (χ1) is 9.21. The molecule has 6 rings (SSSR count). The van der Waals surface area contributed by atoms with Crippen molar-refractivity contribution in [3.05, 3.63) is 70.8 Å². The van der Waals surface area contributed by atoms with Gasteiger partial charge in [0.05, 0.1) is 0 Å². The van der Waals surface area contributed by atoms with E-state index in [1.54, 1.807) is 0 Å². The Balaban J connectivity index is 1.82. The number of fused-ring (bicyclic) bond motifs is 4. The highest BCUT2D eigenvalue weighted by molar-refractivity contribution is 5.32. The molecule has 0 fully saturated rings. The van der Waals surface area contributed by atoms with Crippen LogP contribution in [0.1, 0.15) is 29.2 Å². The van der Waals surface area contributed by atoms with Crippen molar-refractivity contribution in [2.24, 2.45) is 11.3 Å². The van der Waals surface area contributed by atoms with Crippen molar-refractivity contribution in [1.29, 1.82) is 0 Å². The second-order valence-electron chi connectivity index (χ2n) is 6.75. The van der Waals surface area contributed by atoms with Crippen LogP contribution in [0.25, 0.3) is 0 Å². The number of rotatable bonds is 0. The van der Waals surface area contributed by atoms with Crippen LogP contribution in [0.4, 0.5) is 0 Å². The van der Waals surface area contributed by atoms with Crippen LogP contribution in [0.5, 0.6) is 0 Å². The van der Waals surface area contributed by atoms with Gasteiger partial charge < -0.3 is 0 Å². The molecule has 0 atom stereocenters. The summed E-state index contributed by atoms with van der Waals surface area (Å²) in [7, 11) is 0. The summed E-state index contributed by atoms with van der Waals surface area (Å²) in [5.74, 6) is 0.771. The average molecular weight is 248 g/mol. The maximum absolute atomic E-state index is 2.50. The lowest BCUT2D eigenvalue weighted by atomic mass is 9.63. The summed E-state index contributed by atoms with van der Waals surface area (Å²) in [6.45, 7) is 2.50. The molecule has 0 nitrogen and oxygen atoms in total. The second-order valence-corrected chi connectivity index (χ2v) is 6.75. The van der Waals surface area contributed by atoms with Crippen molar-refractivity contribution < 1.29 is 0 Å². The fourth-order valence-electron chi connectivity index (χ4n) is 4.00. The fraction of sp³-hybridized carbons (Fsp3) is 0.368. The van der Waals surface area contributed by atoms with Crippen LogP contribution in [-0.2, 0) is 25.7 Å². The lowest BCUT2D eigenvalue weighted by Gasteiger charge is -2.41. The van der Waals surface area contributed by atoms with Crippen LogP contribution >= 0.6 is 0 Å². The van der Waals surface area contributed by atoms with Gasteiger partial charge >= 0.3 is 0 Å². The molecule has 4 bridgehead atoms. The van der Waals surface area contributed by atoms with Crippen molar-refractivity contribution in [2.75, 3.05) is 0 Å². The zero-order valence-corrected chi connectivity index (χ0v) is 11.5. The zero-order chi connectivity index (χ0) is 12.9. The Bertz CT molecular complexity index is 537. The summed E-state index contributed by atoms with van der Waals surface area (Å²) in [4.78, 5) is 0. The van der Waals surface area contributed by atoms with Gasteiger partial charge in [-0.3, -0.25) is 0 Å². The molecule has 0 unspecified atom stereocenters. The number of hydrogen-bond donors (Lipinski definition) is 0. The van der Waals surface area contributed by atoms with Crippen molar-refractivity contribution in [3.63, 3.8) is 0 Å². The van der Waals surface area contributed by atoms with E-state index < -0.39 is 0 Å². The van der Waals surface area contributed by atoms with Crippen LogP contribution in [0, 0.1) is 11.3 Å². The normalized spacial score (nSPS) is 28.2. The van der Waals surface area contributed by atoms with E-state index in [1.165, 1.54) is 47.9 Å². The molecule has 0 radical (unpaired) electrons. The van der Waals surface area contributed by atoms with E-state index in [0.29, 0.717) is 5.41 Å². The average Bonchev–Trinajstić information content (AvgIpc) is 2.39. The molecule has 0 N–H and O–H groups in total. The van der Waals surface area contributed by atoms with Gasteiger partial charge in [0.15, 0.2) is 0 Å². The third kappa shape index (κ3) is 1.90. The minimum Gasteiger partial charge on any atom is -0.0588 e. The number of benzene rings is 2. The molecule has 0 aromatic heterocycles. The molecule has 0 heterocycles. The van der Waals surface area contributed by atoms with Crippen LogP contribution in [-0.4, -0.2) is 0 Å². The monoisotopic (exact) mass is 248 g/mol. The largest absolute Gasteiger partial charge is 0.0588 e. The molecule has 0 saturated heterocycles. The Morgan fingerprint density at radius 1 is 0.684 bits per heavy atom. The van der Waals surface area contributed by atoms with Crippen LogP contribution in [0.2, 0.25) is 0 Å². The predicted octanol–water partition coefficient (Wildman–Crippen LogP) is 4.21. The highest BCUT2D eigenvalue weighted by Gasteiger charge is 2.36. The summed E-state index contributed by atoms with van der Waals surface area (Å²) >= 11 is 0. The predicted molar refractivity (Wildman–Crippen MR) is 79.3 cm³/mol. The molecule has 96 valence electrons. The van der Waals surface area contributed by atoms with Crippen molar-refractivity contribution in [2.45, 2.75) is 32.6 Å². The molecule has 4 aliphatic rings. The van der Waals surface area contributed by atoms with Crippen LogP contribution in [0.3, 0.4) is 0 Å². The molecule has 2 aromatic carbocycles. The Kier molecular flexibility index (Phi) is 2.35. The van der Waals surface area contributed by atoms with Crippen molar-refractivity contribution in [3.8, 4) is 0 Å². The molecular weight excluding hydrogens is 228 g/mol. The zero-order valence-electron chi connectivity index (χ0n) is 11.5. The van der Waals surface area contributed by atoms with Gasteiger partial charge in [0.25, 0.3) is 0 Å². The Morgan fingerprint density at radius 2 is 1.05 bits per heavy atom. The summed E-state index contributed by atoms with van der Waals surface area (Å²) in [6, 6.07) is 18.6. The van der Waals surface area contributed by atoms with E-state index in [2.05, 4.69) is 55.5 Å². The smallest absolute Gasteiger partial charge is 0.0210 e. The topological polar surface area (TPSA) is 0 Å². The van der Waals surface area contributed by atoms with Gasteiger partial charge in [0.2, 0.25) is 0 Å². The minimum absolute atomic E-state index is 0.409. The van der Waals surface area contributed by atoms with Gasteiger partial charge in [-0.25, -0.2) is 0 Å². The maximum atomic E-state index is 2.50. The van der Waals surface area contributed by atoms with Gasteiger partial charge in [-0.15, -0.1) is 0 Å². The van der Waals surface area contributed by atoms with Gasteiger partial charge in [0.1, 0.15) is 0 Å². The number of hydrogen-bond acceptors (Lipinski definition) is 0. The second kappa shape index (κ2) is 3.96. The molecule has 19 heavy (non-hydrogen) atoms. The van der Waals surface area contributed by atoms with Crippen LogP contribution in [0.15, 0.2) is 48.5 Å². The summed E-state index contributed by atoms with van der Waals surface area (Å²) in [6.07, 6.45) is 4.90. The molecule has 4 aliphatic carbocycles. The van der Waals surface area contributed by atoms with E-state index in [4.69, 9.17) is 0 Å². The SMILES string of the molecule is CC12Cc3ccc(cc3)CC1Cc1ccc(cc1)C2. The van der Waals surface area contributed by atoms with E-state index in [9.17, 15) is 0 Å². The minimum atomic E-state index is 0.409. The molecular formula is C19H20. The molecule has 0 saturated carbocycles. The lowest BCUT2D eigenvalue weighted by molar-refractivity contribution is 0.174. The highest BCUT2D eigenvalue weighted by Crippen LogP contribution is 2.42.